The number of carbonyl (C=O) groups excluding carboxylic acids is 2. The zero-order valence-corrected chi connectivity index (χ0v) is 14.8. The lowest BCUT2D eigenvalue weighted by atomic mass is 9.78. The Morgan fingerprint density at radius 3 is 2.80 bits per heavy atom. The Labute approximate surface area is 148 Å². The summed E-state index contributed by atoms with van der Waals surface area (Å²) in [6.07, 6.45) is 4.19. The normalized spacial score (nSPS) is 23.2. The number of rotatable bonds is 5. The molecule has 25 heavy (non-hydrogen) atoms. The van der Waals surface area contributed by atoms with E-state index in [0.717, 1.165) is 29.9 Å². The predicted octanol–water partition coefficient (Wildman–Crippen LogP) is 3.97. The molecule has 3 rings (SSSR count). The van der Waals surface area contributed by atoms with E-state index in [-0.39, 0.29) is 18.6 Å². The maximum absolute atomic E-state index is 12.3. The van der Waals surface area contributed by atoms with E-state index < -0.39 is 0 Å². The molecule has 4 nitrogen and oxygen atoms in total. The molecule has 1 saturated carbocycles. The van der Waals surface area contributed by atoms with Crippen LogP contribution in [-0.4, -0.2) is 24.8 Å². The average molecular weight is 339 g/mol. The van der Waals surface area contributed by atoms with Crippen LogP contribution in [-0.2, 0) is 4.79 Å². The molecule has 0 aliphatic heterocycles. The standard InChI is InChI=1S/C21H25NO3/c1-14-6-5-9-19(15(14)2)22-21(24)13-25-20-11-10-16-7-3-4-8-17(16)18(20)12-23/h3-4,7-8,10-12,14-15,19H,5-6,9,13H2,1-2H3,(H,22,24)/t14-,15+,19-/m0/s1. The van der Waals surface area contributed by atoms with Crippen LogP contribution in [0.2, 0.25) is 0 Å². The topological polar surface area (TPSA) is 55.4 Å². The lowest BCUT2D eigenvalue weighted by molar-refractivity contribution is -0.124. The molecule has 0 radical (unpaired) electrons. The van der Waals surface area contributed by atoms with Crippen molar-refractivity contribution < 1.29 is 14.3 Å². The molecule has 0 bridgehead atoms. The van der Waals surface area contributed by atoms with Gasteiger partial charge in [0.05, 0.1) is 5.56 Å². The summed E-state index contributed by atoms with van der Waals surface area (Å²) in [5.41, 5.74) is 0.491. The van der Waals surface area contributed by atoms with Crippen LogP contribution in [0.5, 0.6) is 5.75 Å². The Hall–Kier alpha value is -2.36. The smallest absolute Gasteiger partial charge is 0.258 e. The van der Waals surface area contributed by atoms with Crippen LogP contribution in [0.4, 0.5) is 0 Å². The van der Waals surface area contributed by atoms with Crippen LogP contribution in [0.25, 0.3) is 10.8 Å². The van der Waals surface area contributed by atoms with Crippen LogP contribution in [0.3, 0.4) is 0 Å². The van der Waals surface area contributed by atoms with Crippen molar-refractivity contribution >= 4 is 23.0 Å². The second-order valence-electron chi connectivity index (χ2n) is 7.05. The van der Waals surface area contributed by atoms with Gasteiger partial charge in [-0.25, -0.2) is 0 Å². The van der Waals surface area contributed by atoms with E-state index >= 15 is 0 Å². The number of aldehydes is 1. The molecule has 1 fully saturated rings. The van der Waals surface area contributed by atoms with Crippen molar-refractivity contribution in [2.24, 2.45) is 11.8 Å². The third-order valence-corrected chi connectivity index (χ3v) is 5.46. The van der Waals surface area contributed by atoms with Gasteiger partial charge in [0.1, 0.15) is 5.75 Å². The summed E-state index contributed by atoms with van der Waals surface area (Å²) in [5.74, 6) is 1.43. The molecular weight excluding hydrogens is 314 g/mol. The van der Waals surface area contributed by atoms with Crippen LogP contribution in [0, 0.1) is 11.8 Å². The number of ether oxygens (including phenoxy) is 1. The highest BCUT2D eigenvalue weighted by Crippen LogP contribution is 2.29. The van der Waals surface area contributed by atoms with Crippen molar-refractivity contribution in [2.45, 2.75) is 39.2 Å². The number of hydrogen-bond donors (Lipinski definition) is 1. The van der Waals surface area contributed by atoms with Gasteiger partial charge in [-0.1, -0.05) is 57.0 Å². The largest absolute Gasteiger partial charge is 0.483 e. The number of nitrogens with one attached hydrogen (secondary N) is 1. The summed E-state index contributed by atoms with van der Waals surface area (Å²) in [7, 11) is 0. The highest BCUT2D eigenvalue weighted by atomic mass is 16.5. The predicted molar refractivity (Wildman–Crippen MR) is 98.9 cm³/mol. The molecule has 1 aliphatic carbocycles. The maximum Gasteiger partial charge on any atom is 0.258 e. The minimum Gasteiger partial charge on any atom is -0.483 e. The summed E-state index contributed by atoms with van der Waals surface area (Å²) < 4.78 is 5.66. The van der Waals surface area contributed by atoms with Crippen molar-refractivity contribution in [1.82, 2.24) is 5.32 Å². The monoisotopic (exact) mass is 339 g/mol. The Morgan fingerprint density at radius 2 is 2.00 bits per heavy atom. The van der Waals surface area contributed by atoms with Crippen molar-refractivity contribution in [3.8, 4) is 5.75 Å². The van der Waals surface area contributed by atoms with Gasteiger partial charge < -0.3 is 10.1 Å². The Kier molecular flexibility index (Phi) is 5.37. The van der Waals surface area contributed by atoms with Crippen molar-refractivity contribution in [1.29, 1.82) is 0 Å². The number of carbonyl (C=O) groups is 2. The lowest BCUT2D eigenvalue weighted by Gasteiger charge is -2.34. The van der Waals surface area contributed by atoms with Crippen molar-refractivity contribution in [3.05, 3.63) is 42.0 Å². The average Bonchev–Trinajstić information content (AvgIpc) is 2.63. The SMILES string of the molecule is C[C@H]1[C@@H](NC(=O)COc2ccc3ccccc3c2C=O)CCC[C@@H]1C. The van der Waals surface area contributed by atoms with Gasteiger partial charge in [-0.3, -0.25) is 9.59 Å². The molecule has 1 amide bonds. The maximum atomic E-state index is 12.3. The van der Waals surface area contributed by atoms with Gasteiger partial charge in [-0.05, 0) is 35.1 Å². The van der Waals surface area contributed by atoms with Crippen LogP contribution in [0.1, 0.15) is 43.5 Å². The van der Waals surface area contributed by atoms with E-state index in [2.05, 4.69) is 19.2 Å². The Balaban J connectivity index is 1.66. The molecule has 0 unspecified atom stereocenters. The van der Waals surface area contributed by atoms with E-state index in [1.54, 1.807) is 6.07 Å². The minimum atomic E-state index is -0.129. The van der Waals surface area contributed by atoms with Crippen LogP contribution < -0.4 is 10.1 Å². The molecular formula is C21H25NO3. The van der Waals surface area contributed by atoms with Crippen molar-refractivity contribution in [2.75, 3.05) is 6.61 Å². The molecule has 0 aromatic heterocycles. The van der Waals surface area contributed by atoms with Crippen LogP contribution >= 0.6 is 0 Å². The molecule has 2 aromatic carbocycles. The van der Waals surface area contributed by atoms with Gasteiger partial charge in [0, 0.05) is 6.04 Å². The molecule has 3 atom stereocenters. The van der Waals surface area contributed by atoms with E-state index in [1.807, 2.05) is 30.3 Å². The molecule has 0 saturated heterocycles. The first-order valence-corrected chi connectivity index (χ1v) is 8.99. The molecule has 4 heteroatoms. The summed E-state index contributed by atoms with van der Waals surface area (Å²) in [6, 6.07) is 11.5. The summed E-state index contributed by atoms with van der Waals surface area (Å²) in [4.78, 5) is 23.8. The highest BCUT2D eigenvalue weighted by Gasteiger charge is 2.28. The van der Waals surface area contributed by atoms with E-state index in [0.29, 0.717) is 23.1 Å². The Bertz CT molecular complexity index is 771. The zero-order chi connectivity index (χ0) is 17.8. The molecule has 0 spiro atoms. The third-order valence-electron chi connectivity index (χ3n) is 5.46. The fourth-order valence-electron chi connectivity index (χ4n) is 3.70. The second kappa shape index (κ2) is 7.68. The summed E-state index contributed by atoms with van der Waals surface area (Å²) >= 11 is 0. The fourth-order valence-corrected chi connectivity index (χ4v) is 3.70. The Morgan fingerprint density at radius 1 is 1.20 bits per heavy atom. The number of amides is 1. The molecule has 2 aromatic rings. The van der Waals surface area contributed by atoms with E-state index in [4.69, 9.17) is 4.74 Å². The van der Waals surface area contributed by atoms with Crippen molar-refractivity contribution in [3.63, 3.8) is 0 Å². The van der Waals surface area contributed by atoms with E-state index in [9.17, 15) is 9.59 Å². The number of hydrogen-bond acceptors (Lipinski definition) is 3. The molecule has 1 N–H and O–H groups in total. The van der Waals surface area contributed by atoms with Gasteiger partial charge in [0.25, 0.3) is 5.91 Å². The van der Waals surface area contributed by atoms with Gasteiger partial charge in [-0.2, -0.15) is 0 Å². The van der Waals surface area contributed by atoms with Gasteiger partial charge in [0.2, 0.25) is 0 Å². The van der Waals surface area contributed by atoms with E-state index in [1.165, 1.54) is 6.42 Å². The number of benzene rings is 2. The van der Waals surface area contributed by atoms with Gasteiger partial charge >= 0.3 is 0 Å². The zero-order valence-electron chi connectivity index (χ0n) is 14.8. The molecule has 132 valence electrons. The first kappa shape index (κ1) is 17.5. The first-order valence-electron chi connectivity index (χ1n) is 8.99. The van der Waals surface area contributed by atoms with Gasteiger partial charge in [0.15, 0.2) is 12.9 Å². The molecule has 1 aliphatic rings. The highest BCUT2D eigenvalue weighted by molar-refractivity contribution is 6.00. The quantitative estimate of drug-likeness (QED) is 0.839. The lowest BCUT2D eigenvalue weighted by Crippen LogP contribution is -2.45. The van der Waals surface area contributed by atoms with Crippen LogP contribution in [0.15, 0.2) is 36.4 Å². The number of fused-ring (bicyclic) bond motifs is 1. The summed E-state index contributed by atoms with van der Waals surface area (Å²) in [6.45, 7) is 4.37. The summed E-state index contributed by atoms with van der Waals surface area (Å²) in [5, 5.41) is 4.91. The second-order valence-corrected chi connectivity index (χ2v) is 7.05. The minimum absolute atomic E-state index is 0.0726. The van der Waals surface area contributed by atoms with Gasteiger partial charge in [-0.15, -0.1) is 0 Å². The fraction of sp³-hybridized carbons (Fsp3) is 0.429. The molecule has 0 heterocycles. The third kappa shape index (κ3) is 3.84. The first-order chi connectivity index (χ1) is 12.1.